The topological polar surface area (TPSA) is 98.7 Å². The Morgan fingerprint density at radius 1 is 1.14 bits per heavy atom. The lowest BCUT2D eigenvalue weighted by Crippen LogP contribution is -2.32. The van der Waals surface area contributed by atoms with Crippen LogP contribution in [-0.2, 0) is 21.1 Å². The molecule has 1 aliphatic rings. The molecule has 0 spiro atoms. The van der Waals surface area contributed by atoms with Gasteiger partial charge in [0.25, 0.3) is 0 Å². The fraction of sp³-hybridized carbons (Fsp3) is 0.450. The van der Waals surface area contributed by atoms with Crippen molar-refractivity contribution in [3.05, 3.63) is 42.0 Å². The minimum atomic E-state index is -3.31. The SMILES string of the molecule is COc1ccc(OC2CCN(C(=O)Cc3ccc(S(=O)(=O)C(C)C)cc3)C2)nn1. The Balaban J connectivity index is 1.55. The van der Waals surface area contributed by atoms with Gasteiger partial charge in [-0.25, -0.2) is 8.42 Å². The van der Waals surface area contributed by atoms with E-state index in [1.165, 1.54) is 7.11 Å². The van der Waals surface area contributed by atoms with E-state index in [1.807, 2.05) is 0 Å². The lowest BCUT2D eigenvalue weighted by atomic mass is 10.1. The van der Waals surface area contributed by atoms with E-state index in [0.29, 0.717) is 31.3 Å². The summed E-state index contributed by atoms with van der Waals surface area (Å²) in [6.45, 7) is 4.38. The second-order valence-electron chi connectivity index (χ2n) is 7.20. The van der Waals surface area contributed by atoms with Crippen LogP contribution < -0.4 is 9.47 Å². The first-order valence-corrected chi connectivity index (χ1v) is 11.0. The number of carbonyl (C=O) groups is 1. The third-order valence-electron chi connectivity index (χ3n) is 4.84. The Bertz CT molecular complexity index is 943. The highest BCUT2D eigenvalue weighted by atomic mass is 32.2. The molecule has 1 saturated heterocycles. The van der Waals surface area contributed by atoms with E-state index < -0.39 is 15.1 Å². The van der Waals surface area contributed by atoms with Gasteiger partial charge in [-0.3, -0.25) is 4.79 Å². The van der Waals surface area contributed by atoms with Crippen molar-refractivity contribution in [2.75, 3.05) is 20.2 Å². The number of hydrogen-bond acceptors (Lipinski definition) is 7. The molecule has 0 bridgehead atoms. The van der Waals surface area contributed by atoms with Gasteiger partial charge in [-0.2, -0.15) is 0 Å². The normalized spacial score (nSPS) is 16.8. The minimum Gasteiger partial charge on any atom is -0.480 e. The smallest absolute Gasteiger partial charge is 0.233 e. The number of ether oxygens (including phenoxy) is 2. The molecule has 1 atom stereocenters. The van der Waals surface area contributed by atoms with Gasteiger partial charge in [0.15, 0.2) is 9.84 Å². The first-order chi connectivity index (χ1) is 13.8. The van der Waals surface area contributed by atoms with Crippen molar-refractivity contribution >= 4 is 15.7 Å². The molecule has 2 aromatic rings. The van der Waals surface area contributed by atoms with Gasteiger partial charge < -0.3 is 14.4 Å². The van der Waals surface area contributed by atoms with Crippen LogP contribution in [0.5, 0.6) is 11.8 Å². The maximum absolute atomic E-state index is 12.6. The summed E-state index contributed by atoms with van der Waals surface area (Å²) in [7, 11) is -1.79. The quantitative estimate of drug-likeness (QED) is 0.676. The lowest BCUT2D eigenvalue weighted by Gasteiger charge is -2.17. The zero-order valence-corrected chi connectivity index (χ0v) is 17.6. The van der Waals surface area contributed by atoms with E-state index in [0.717, 1.165) is 5.56 Å². The summed E-state index contributed by atoms with van der Waals surface area (Å²) in [5.41, 5.74) is 0.781. The summed E-state index contributed by atoms with van der Waals surface area (Å²) in [6, 6.07) is 9.88. The molecule has 1 unspecified atom stereocenters. The van der Waals surface area contributed by atoms with E-state index in [4.69, 9.17) is 9.47 Å². The number of methoxy groups -OCH3 is 1. The van der Waals surface area contributed by atoms with Crippen molar-refractivity contribution in [1.82, 2.24) is 15.1 Å². The number of aromatic nitrogens is 2. The summed E-state index contributed by atoms with van der Waals surface area (Å²) in [4.78, 5) is 14.6. The van der Waals surface area contributed by atoms with Crippen LogP contribution in [0, 0.1) is 0 Å². The van der Waals surface area contributed by atoms with Gasteiger partial charge in [-0.15, -0.1) is 10.2 Å². The molecular weight excluding hydrogens is 394 g/mol. The number of amides is 1. The zero-order chi connectivity index (χ0) is 21.0. The van der Waals surface area contributed by atoms with Crippen LogP contribution in [0.4, 0.5) is 0 Å². The van der Waals surface area contributed by atoms with Crippen molar-refractivity contribution in [3.8, 4) is 11.8 Å². The van der Waals surface area contributed by atoms with Crippen molar-refractivity contribution in [1.29, 1.82) is 0 Å². The molecule has 9 heteroatoms. The van der Waals surface area contributed by atoms with Crippen LogP contribution in [0.1, 0.15) is 25.8 Å². The second kappa shape index (κ2) is 8.77. The molecule has 1 aromatic heterocycles. The van der Waals surface area contributed by atoms with Crippen LogP contribution in [0.2, 0.25) is 0 Å². The predicted octanol–water partition coefficient (Wildman–Crippen LogP) is 1.89. The number of nitrogens with zero attached hydrogens (tertiary/aromatic N) is 3. The Kier molecular flexibility index (Phi) is 6.36. The molecule has 1 amide bonds. The van der Waals surface area contributed by atoms with E-state index in [-0.39, 0.29) is 23.3 Å². The molecule has 0 radical (unpaired) electrons. The van der Waals surface area contributed by atoms with Crippen LogP contribution in [0.25, 0.3) is 0 Å². The second-order valence-corrected chi connectivity index (χ2v) is 9.70. The Morgan fingerprint density at radius 3 is 2.38 bits per heavy atom. The number of likely N-dealkylation sites (tertiary alicyclic amines) is 1. The zero-order valence-electron chi connectivity index (χ0n) is 16.7. The molecule has 1 aliphatic heterocycles. The van der Waals surface area contributed by atoms with Gasteiger partial charge in [0.1, 0.15) is 6.10 Å². The molecule has 3 rings (SSSR count). The highest BCUT2D eigenvalue weighted by Gasteiger charge is 2.28. The fourth-order valence-electron chi connectivity index (χ4n) is 3.06. The summed E-state index contributed by atoms with van der Waals surface area (Å²) in [5, 5.41) is 7.33. The standard InChI is InChI=1S/C20H25N3O5S/c1-14(2)29(25,26)17-6-4-15(5-7-17)12-20(24)23-11-10-16(13-23)28-19-9-8-18(27-3)21-22-19/h4-9,14,16H,10-13H2,1-3H3. The largest absolute Gasteiger partial charge is 0.480 e. The summed E-state index contributed by atoms with van der Waals surface area (Å²) in [5.74, 6) is 0.788. The molecule has 29 heavy (non-hydrogen) atoms. The maximum atomic E-state index is 12.6. The highest BCUT2D eigenvalue weighted by molar-refractivity contribution is 7.92. The van der Waals surface area contributed by atoms with Crippen molar-refractivity contribution in [2.24, 2.45) is 0 Å². The molecular formula is C20H25N3O5S. The average molecular weight is 420 g/mol. The van der Waals surface area contributed by atoms with E-state index >= 15 is 0 Å². The molecule has 2 heterocycles. The van der Waals surface area contributed by atoms with Gasteiger partial charge in [0.2, 0.25) is 17.7 Å². The molecule has 8 nitrogen and oxygen atoms in total. The number of hydrogen-bond donors (Lipinski definition) is 0. The lowest BCUT2D eigenvalue weighted by molar-refractivity contribution is -0.129. The van der Waals surface area contributed by atoms with E-state index in [9.17, 15) is 13.2 Å². The Hall–Kier alpha value is -2.68. The van der Waals surface area contributed by atoms with Gasteiger partial charge in [-0.1, -0.05) is 12.1 Å². The number of benzene rings is 1. The third-order valence-corrected chi connectivity index (χ3v) is 7.01. The summed E-state index contributed by atoms with van der Waals surface area (Å²) >= 11 is 0. The van der Waals surface area contributed by atoms with Crippen LogP contribution >= 0.6 is 0 Å². The molecule has 0 N–H and O–H groups in total. The van der Waals surface area contributed by atoms with Crippen LogP contribution in [0.3, 0.4) is 0 Å². The predicted molar refractivity (Wildman–Crippen MR) is 107 cm³/mol. The van der Waals surface area contributed by atoms with E-state index in [1.54, 1.807) is 55.1 Å². The number of carbonyl (C=O) groups excluding carboxylic acids is 1. The monoisotopic (exact) mass is 419 g/mol. The first kappa shape index (κ1) is 21.0. The van der Waals surface area contributed by atoms with Crippen molar-refractivity contribution < 1.29 is 22.7 Å². The average Bonchev–Trinajstić information content (AvgIpc) is 3.17. The molecule has 1 aromatic carbocycles. The maximum Gasteiger partial charge on any atom is 0.233 e. The Morgan fingerprint density at radius 2 is 1.79 bits per heavy atom. The minimum absolute atomic E-state index is 0.0172. The fourth-order valence-corrected chi connectivity index (χ4v) is 4.12. The van der Waals surface area contributed by atoms with E-state index in [2.05, 4.69) is 10.2 Å². The molecule has 156 valence electrons. The van der Waals surface area contributed by atoms with Gasteiger partial charge in [-0.05, 0) is 31.5 Å². The molecule has 0 saturated carbocycles. The van der Waals surface area contributed by atoms with Gasteiger partial charge in [0.05, 0.1) is 30.2 Å². The highest BCUT2D eigenvalue weighted by Crippen LogP contribution is 2.20. The molecule has 0 aliphatic carbocycles. The molecule has 1 fully saturated rings. The van der Waals surface area contributed by atoms with Crippen molar-refractivity contribution in [2.45, 2.75) is 42.9 Å². The van der Waals surface area contributed by atoms with Gasteiger partial charge >= 0.3 is 0 Å². The Labute approximate surface area is 170 Å². The number of rotatable bonds is 7. The summed E-state index contributed by atoms with van der Waals surface area (Å²) in [6.07, 6.45) is 0.794. The van der Waals surface area contributed by atoms with Crippen LogP contribution in [-0.4, -0.2) is 61.0 Å². The van der Waals surface area contributed by atoms with Crippen LogP contribution in [0.15, 0.2) is 41.3 Å². The first-order valence-electron chi connectivity index (χ1n) is 9.44. The summed E-state index contributed by atoms with van der Waals surface area (Å²) < 4.78 is 35.1. The van der Waals surface area contributed by atoms with Gasteiger partial charge in [0, 0.05) is 25.1 Å². The third kappa shape index (κ3) is 5.03. The number of sulfone groups is 1. The van der Waals surface area contributed by atoms with Crippen molar-refractivity contribution in [3.63, 3.8) is 0 Å².